The van der Waals surface area contributed by atoms with Crippen LogP contribution in [0.3, 0.4) is 0 Å². The van der Waals surface area contributed by atoms with E-state index in [2.05, 4.69) is 26.6 Å². The van der Waals surface area contributed by atoms with E-state index in [0.717, 1.165) is 0 Å². The van der Waals surface area contributed by atoms with Gasteiger partial charge in [-0.25, -0.2) is 9.18 Å². The van der Waals surface area contributed by atoms with Crippen molar-refractivity contribution in [2.24, 2.45) is 23.7 Å². The van der Waals surface area contributed by atoms with Crippen molar-refractivity contribution >= 4 is 46.9 Å². The zero-order chi connectivity index (χ0) is 62.0. The molecule has 22 heteroatoms. The third-order valence-corrected chi connectivity index (χ3v) is 17.1. The molecule has 6 rings (SSSR count). The van der Waals surface area contributed by atoms with Gasteiger partial charge < -0.3 is 75.4 Å². The fourth-order valence-electron chi connectivity index (χ4n) is 11.9. The van der Waals surface area contributed by atoms with E-state index in [1.807, 2.05) is 32.8 Å². The Labute approximate surface area is 499 Å². The van der Waals surface area contributed by atoms with Crippen LogP contribution in [0.25, 0.3) is 0 Å². The maximum absolute atomic E-state index is 14.9. The number of halogens is 2. The lowest BCUT2D eigenvalue weighted by Crippen LogP contribution is -2.61. The Balaban J connectivity index is 1.28. The molecule has 3 heterocycles. The molecule has 3 saturated heterocycles. The summed E-state index contributed by atoms with van der Waals surface area (Å²) in [5.41, 5.74) is -0.880. The van der Waals surface area contributed by atoms with Gasteiger partial charge in [0.05, 0.1) is 41.5 Å². The number of carbonyl (C=O) groups excluding carboxylic acids is 5. The van der Waals surface area contributed by atoms with Gasteiger partial charge in [-0.3, -0.25) is 19.2 Å². The fourth-order valence-corrected chi connectivity index (χ4v) is 12.1. The molecular weight excluding hydrogens is 1110 g/mol. The van der Waals surface area contributed by atoms with Crippen LogP contribution in [0.2, 0.25) is 5.02 Å². The molecule has 0 aromatic heterocycles. The summed E-state index contributed by atoms with van der Waals surface area (Å²) in [6, 6.07) is 15.7. The van der Waals surface area contributed by atoms with Crippen molar-refractivity contribution in [3.8, 4) is 0 Å². The number of likely N-dealkylation sites (N-methyl/N-ethyl adjacent to an activating group) is 1. The smallest absolute Gasteiger partial charge is 0.315 e. The van der Waals surface area contributed by atoms with E-state index >= 15 is 0 Å². The standard InChI is InChI=1S/C62H91ClFN7O13/c1-34(2)51-58(77)67-44(27-40-22-24-43(25-23-40)66-57(76)47(28-41-18-14-16-20-45(41)63)68-60(78)65-32-42-19-15-17-21-46(42)64)29-49(72)71(12)33-35(3)30-61(8,79)55(84-59-52(73)48(70(10)11)26-36(4)81-59)37(5)53(38(6)56(75)69-51)83-50-31-62(9,80-13)54(74)39(7)82-50/h14-25,34-39,44,47-48,50-55,59,73-74,79H,26-33H2,1-13H3,(H,66,76)(H,67,77)(H,69,75)(H2,65,68,78)/t35-,36-,37+,38-,39+,44-,47+,48+,50+,51+,52-,53+,54+,55-,59+,61-,62-/m1/s1. The van der Waals surface area contributed by atoms with Crippen LogP contribution >= 0.6 is 11.6 Å². The maximum atomic E-state index is 14.9. The molecule has 0 unspecified atom stereocenters. The van der Waals surface area contributed by atoms with Crippen LogP contribution in [0.5, 0.6) is 0 Å². The second kappa shape index (κ2) is 29.9. The average molecular weight is 1200 g/mol. The highest BCUT2D eigenvalue weighted by Crippen LogP contribution is 2.39. The molecular formula is C62H91ClFN7O13. The van der Waals surface area contributed by atoms with Gasteiger partial charge in [0.1, 0.15) is 30.1 Å². The first-order valence-corrected chi connectivity index (χ1v) is 29.6. The minimum atomic E-state index is -1.72. The van der Waals surface area contributed by atoms with Gasteiger partial charge in [0.2, 0.25) is 23.6 Å². The number of ether oxygens (including phenoxy) is 5. The molecule has 3 aliphatic rings. The summed E-state index contributed by atoms with van der Waals surface area (Å²) in [7, 11) is 6.86. The SMILES string of the molecule is CO[C@]1(C)C[C@H](O[C@H]2[C@H](C)[C@@H](O[C@@H]3O[C@H](C)C[C@H](N(C)C)[C@H]3O)[C@](C)(O)C[C@@H](C)CN(C)C(=O)C[C@@H](Cc3ccc(NC(=O)[C@H](Cc4ccccc4Cl)NC(=O)NCc4ccccc4F)cc3)NC(=O)[C@H](C(C)C)NC(=O)[C@@H]2C)O[C@@H](C)[C@@H]1O. The number of aliphatic hydroxyl groups excluding tert-OH is 2. The van der Waals surface area contributed by atoms with Gasteiger partial charge in [0, 0.05) is 80.8 Å². The lowest BCUT2D eigenvalue weighted by atomic mass is 9.77. The fraction of sp³-hybridized carbons (Fsp3) is 0.629. The van der Waals surface area contributed by atoms with Crippen LogP contribution in [0, 0.1) is 29.5 Å². The molecule has 0 aliphatic carbocycles. The maximum Gasteiger partial charge on any atom is 0.315 e. The Morgan fingerprint density at radius 3 is 2.19 bits per heavy atom. The first-order valence-electron chi connectivity index (χ1n) is 29.2. The Morgan fingerprint density at radius 1 is 0.905 bits per heavy atom. The molecule has 84 heavy (non-hydrogen) atoms. The average Bonchev–Trinajstić information content (AvgIpc) is 2.46. The van der Waals surface area contributed by atoms with Crippen molar-refractivity contribution in [3.05, 3.63) is 100 Å². The Morgan fingerprint density at radius 2 is 1.56 bits per heavy atom. The minimum absolute atomic E-state index is 0.0324. The number of hydrogen-bond acceptors (Lipinski definition) is 14. The van der Waals surface area contributed by atoms with Crippen LogP contribution in [-0.2, 0) is 62.2 Å². The van der Waals surface area contributed by atoms with E-state index in [0.29, 0.717) is 28.3 Å². The molecule has 3 aromatic rings. The summed E-state index contributed by atoms with van der Waals surface area (Å²) in [6.07, 6.45) is -7.07. The second-order valence-corrected chi connectivity index (χ2v) is 25.0. The van der Waals surface area contributed by atoms with Crippen molar-refractivity contribution in [1.29, 1.82) is 0 Å². The first-order chi connectivity index (χ1) is 39.5. The summed E-state index contributed by atoms with van der Waals surface area (Å²) < 4.78 is 46.4. The molecule has 20 nitrogen and oxygen atoms in total. The van der Waals surface area contributed by atoms with Gasteiger partial charge in [-0.15, -0.1) is 0 Å². The van der Waals surface area contributed by atoms with Crippen molar-refractivity contribution in [3.63, 3.8) is 0 Å². The van der Waals surface area contributed by atoms with Crippen LogP contribution in [-0.4, -0.2) is 174 Å². The summed E-state index contributed by atoms with van der Waals surface area (Å²) >= 11 is 6.48. The second-order valence-electron chi connectivity index (χ2n) is 24.6. The highest BCUT2D eigenvalue weighted by atomic mass is 35.5. The number of rotatable bonds is 16. The number of aliphatic hydroxyl groups is 3. The molecule has 3 aromatic carbocycles. The zero-order valence-electron chi connectivity index (χ0n) is 50.9. The lowest BCUT2D eigenvalue weighted by molar-refractivity contribution is -0.317. The number of amides is 6. The molecule has 6 amide bonds. The molecule has 3 aliphatic heterocycles. The highest BCUT2D eigenvalue weighted by molar-refractivity contribution is 6.31. The number of nitrogens with zero attached hydrogens (tertiary/aromatic N) is 2. The summed E-state index contributed by atoms with van der Waals surface area (Å²) in [5, 5.41) is 50.5. The highest BCUT2D eigenvalue weighted by Gasteiger charge is 2.51. The van der Waals surface area contributed by atoms with Gasteiger partial charge >= 0.3 is 6.03 Å². The third-order valence-electron chi connectivity index (χ3n) is 16.7. The number of nitrogens with one attached hydrogen (secondary N) is 5. The van der Waals surface area contributed by atoms with Crippen LogP contribution in [0.1, 0.15) is 105 Å². The van der Waals surface area contributed by atoms with E-state index in [-0.39, 0.29) is 74.7 Å². The molecule has 0 saturated carbocycles. The number of urea groups is 1. The number of methoxy groups -OCH3 is 1. The Bertz CT molecular complexity index is 2690. The molecule has 0 spiro atoms. The number of anilines is 1. The summed E-state index contributed by atoms with van der Waals surface area (Å²) in [6.45, 7) is 15.9. The largest absolute Gasteiger partial charge is 0.387 e. The predicted molar refractivity (Wildman–Crippen MR) is 316 cm³/mol. The van der Waals surface area contributed by atoms with Gasteiger partial charge in [-0.05, 0) is 108 Å². The number of benzene rings is 3. The van der Waals surface area contributed by atoms with E-state index in [4.69, 9.17) is 35.3 Å². The normalized spacial score (nSPS) is 32.7. The topological polar surface area (TPSA) is 259 Å². The number of hydrogen-bond donors (Lipinski definition) is 8. The Kier molecular flexibility index (Phi) is 24.1. The summed E-state index contributed by atoms with van der Waals surface area (Å²) in [5.74, 6) is -5.20. The molecule has 466 valence electrons. The summed E-state index contributed by atoms with van der Waals surface area (Å²) in [4.78, 5) is 74.6. The Hall–Kier alpha value is -5.33. The van der Waals surface area contributed by atoms with Crippen LogP contribution < -0.4 is 26.6 Å². The molecule has 17 atom stereocenters. The van der Waals surface area contributed by atoms with Gasteiger partial charge in [-0.1, -0.05) is 94.8 Å². The van der Waals surface area contributed by atoms with Crippen molar-refractivity contribution in [1.82, 2.24) is 31.1 Å². The monoisotopic (exact) mass is 1200 g/mol. The van der Waals surface area contributed by atoms with E-state index in [9.17, 15) is 43.7 Å². The van der Waals surface area contributed by atoms with Crippen molar-refractivity contribution in [2.45, 2.75) is 192 Å². The quantitative estimate of drug-likeness (QED) is 0.0856. The third kappa shape index (κ3) is 17.9. The van der Waals surface area contributed by atoms with E-state index < -0.39 is 120 Å². The molecule has 8 N–H and O–H groups in total. The minimum Gasteiger partial charge on any atom is -0.387 e. The predicted octanol–water partition coefficient (Wildman–Crippen LogP) is 5.71. The van der Waals surface area contributed by atoms with E-state index in [1.165, 1.54) is 13.2 Å². The zero-order valence-corrected chi connectivity index (χ0v) is 51.7. The molecule has 0 radical (unpaired) electrons. The van der Waals surface area contributed by atoms with Gasteiger partial charge in [0.25, 0.3) is 0 Å². The van der Waals surface area contributed by atoms with E-state index in [1.54, 1.807) is 127 Å². The first kappa shape index (κ1) is 67.8. The van der Waals surface area contributed by atoms with Crippen LogP contribution in [0.4, 0.5) is 14.9 Å². The molecule has 0 bridgehead atoms. The molecule has 3 fully saturated rings. The van der Waals surface area contributed by atoms with Crippen molar-refractivity contribution < 1.29 is 67.4 Å². The van der Waals surface area contributed by atoms with Gasteiger partial charge in [0.15, 0.2) is 12.6 Å². The van der Waals surface area contributed by atoms with Crippen molar-refractivity contribution in [2.75, 3.05) is 40.1 Å². The number of carbonyl (C=O) groups is 5. The lowest BCUT2D eigenvalue weighted by Gasteiger charge is -2.49. The van der Waals surface area contributed by atoms with Gasteiger partial charge in [-0.2, -0.15) is 0 Å². The van der Waals surface area contributed by atoms with Crippen LogP contribution in [0.15, 0.2) is 72.8 Å².